The Bertz CT molecular complexity index is 1240. The number of fused-ring (bicyclic) bond motifs is 3. The summed E-state index contributed by atoms with van der Waals surface area (Å²) in [6.07, 6.45) is 4.60. The minimum Gasteiger partial charge on any atom is -0.381 e. The van der Waals surface area contributed by atoms with E-state index in [9.17, 15) is 9.59 Å². The second-order valence-electron chi connectivity index (χ2n) is 9.62. The van der Waals surface area contributed by atoms with Gasteiger partial charge in [0.25, 0.3) is 11.5 Å². The second-order valence-corrected chi connectivity index (χ2v) is 9.62. The fourth-order valence-corrected chi connectivity index (χ4v) is 5.37. The molecule has 34 heavy (non-hydrogen) atoms. The van der Waals surface area contributed by atoms with Gasteiger partial charge < -0.3 is 19.5 Å². The van der Waals surface area contributed by atoms with E-state index in [4.69, 9.17) is 4.74 Å². The third kappa shape index (κ3) is 4.46. The molecule has 5 rings (SSSR count). The van der Waals surface area contributed by atoms with Crippen molar-refractivity contribution in [1.29, 1.82) is 0 Å². The molecule has 0 bridgehead atoms. The molecular formula is C25H34ClN5O3. The van der Waals surface area contributed by atoms with Crippen LogP contribution in [0.2, 0.25) is 0 Å². The maximum atomic E-state index is 13.5. The molecule has 1 N–H and O–H groups in total. The summed E-state index contributed by atoms with van der Waals surface area (Å²) in [6, 6.07) is 4.12. The molecule has 4 heterocycles. The zero-order valence-electron chi connectivity index (χ0n) is 20.2. The molecule has 0 radical (unpaired) electrons. The van der Waals surface area contributed by atoms with Crippen molar-refractivity contribution in [2.45, 2.75) is 39.2 Å². The van der Waals surface area contributed by atoms with Crippen molar-refractivity contribution < 1.29 is 9.53 Å². The van der Waals surface area contributed by atoms with Gasteiger partial charge in [-0.15, -0.1) is 12.4 Å². The third-order valence-electron chi connectivity index (χ3n) is 7.31. The van der Waals surface area contributed by atoms with Gasteiger partial charge in [0.1, 0.15) is 0 Å². The number of likely N-dealkylation sites (N-methyl/N-ethyl adjacent to an activating group) is 1. The molecule has 8 nitrogen and oxygen atoms in total. The molecule has 2 fully saturated rings. The van der Waals surface area contributed by atoms with Crippen molar-refractivity contribution in [2.75, 3.05) is 46.4 Å². The van der Waals surface area contributed by atoms with Crippen LogP contribution in [0.25, 0.3) is 21.8 Å². The average molecular weight is 488 g/mol. The van der Waals surface area contributed by atoms with Crippen molar-refractivity contribution in [3.63, 3.8) is 0 Å². The monoisotopic (exact) mass is 487 g/mol. The van der Waals surface area contributed by atoms with E-state index >= 15 is 0 Å². The predicted octanol–water partition coefficient (Wildman–Crippen LogP) is 3.37. The zero-order chi connectivity index (χ0) is 23.1. The molecule has 184 valence electrons. The van der Waals surface area contributed by atoms with Crippen LogP contribution < -0.4 is 5.56 Å². The van der Waals surface area contributed by atoms with E-state index in [1.165, 1.54) is 0 Å². The Kier molecular flexibility index (Phi) is 7.31. The Hall–Kier alpha value is -2.42. The summed E-state index contributed by atoms with van der Waals surface area (Å²) in [4.78, 5) is 33.5. The van der Waals surface area contributed by atoms with Crippen LogP contribution >= 0.6 is 12.4 Å². The van der Waals surface area contributed by atoms with Crippen molar-refractivity contribution in [1.82, 2.24) is 24.6 Å². The first-order valence-corrected chi connectivity index (χ1v) is 12.1. The number of piperidine rings is 1. The van der Waals surface area contributed by atoms with Crippen LogP contribution in [0.15, 0.2) is 23.1 Å². The quantitative estimate of drug-likeness (QED) is 0.596. The molecule has 0 saturated carbocycles. The number of halogens is 1. The lowest BCUT2D eigenvalue weighted by Gasteiger charge is -2.32. The Morgan fingerprint density at radius 2 is 1.94 bits per heavy atom. The zero-order valence-corrected chi connectivity index (χ0v) is 21.0. The van der Waals surface area contributed by atoms with Crippen LogP contribution in [0.5, 0.6) is 0 Å². The summed E-state index contributed by atoms with van der Waals surface area (Å²) in [5, 5.41) is 6.07. The molecule has 2 aliphatic heterocycles. The first kappa shape index (κ1) is 24.7. The fourth-order valence-electron chi connectivity index (χ4n) is 5.37. The summed E-state index contributed by atoms with van der Waals surface area (Å²) >= 11 is 0. The number of nitrogens with one attached hydrogen (secondary N) is 1. The molecule has 2 aliphatic rings. The summed E-state index contributed by atoms with van der Waals surface area (Å²) < 4.78 is 7.58. The molecule has 0 spiro atoms. The van der Waals surface area contributed by atoms with Gasteiger partial charge in [-0.05, 0) is 70.3 Å². The smallest absolute Gasteiger partial charge is 0.259 e. The molecule has 0 unspecified atom stereocenters. The maximum Gasteiger partial charge on any atom is 0.259 e. The standard InChI is InChI=1S/C25H33N5O3.ClH/c1-4-33-15-17-5-9-29(10-6-17)25(32)19-12-20-22(11-16(19)2)27-24(31)21-13-26-30(23(20)21)18-7-8-28(3)14-18;/h11-13,17-18H,4-10,14-15H2,1-3H3,(H,27,31);1H/t18-;/m0./s1. The van der Waals surface area contributed by atoms with Crippen molar-refractivity contribution in [3.8, 4) is 0 Å². The van der Waals surface area contributed by atoms with Crippen LogP contribution in [0, 0.1) is 12.8 Å². The number of likely N-dealkylation sites (tertiary alicyclic amines) is 2. The van der Waals surface area contributed by atoms with E-state index in [-0.39, 0.29) is 29.9 Å². The van der Waals surface area contributed by atoms with Crippen molar-refractivity contribution >= 4 is 40.1 Å². The molecule has 1 aromatic carbocycles. The Morgan fingerprint density at radius 3 is 2.62 bits per heavy atom. The van der Waals surface area contributed by atoms with E-state index in [0.29, 0.717) is 16.9 Å². The Morgan fingerprint density at radius 1 is 1.18 bits per heavy atom. The van der Waals surface area contributed by atoms with Gasteiger partial charge in [-0.2, -0.15) is 5.10 Å². The topological polar surface area (TPSA) is 83.5 Å². The lowest BCUT2D eigenvalue weighted by molar-refractivity contribution is 0.0551. The summed E-state index contributed by atoms with van der Waals surface area (Å²) in [7, 11) is 2.11. The van der Waals surface area contributed by atoms with Gasteiger partial charge in [0, 0.05) is 43.8 Å². The van der Waals surface area contributed by atoms with E-state index in [1.807, 2.05) is 35.6 Å². The number of nitrogens with zero attached hydrogens (tertiary/aromatic N) is 4. The van der Waals surface area contributed by atoms with Crippen LogP contribution in [-0.2, 0) is 4.74 Å². The number of aromatic nitrogens is 3. The number of carbonyl (C=O) groups is 1. The number of rotatable bonds is 5. The van der Waals surface area contributed by atoms with Gasteiger partial charge in [0.05, 0.1) is 28.7 Å². The average Bonchev–Trinajstić information content (AvgIpc) is 3.44. The van der Waals surface area contributed by atoms with Crippen molar-refractivity contribution in [2.24, 2.45) is 5.92 Å². The van der Waals surface area contributed by atoms with Gasteiger partial charge >= 0.3 is 0 Å². The molecule has 3 aromatic rings. The number of benzene rings is 1. The number of H-pyrrole nitrogens is 1. The third-order valence-corrected chi connectivity index (χ3v) is 7.31. The lowest BCUT2D eigenvalue weighted by Crippen LogP contribution is -2.39. The first-order chi connectivity index (χ1) is 16.0. The van der Waals surface area contributed by atoms with Gasteiger partial charge in [-0.3, -0.25) is 14.3 Å². The van der Waals surface area contributed by atoms with Gasteiger partial charge in [0.2, 0.25) is 0 Å². The minimum absolute atomic E-state index is 0. The van der Waals surface area contributed by atoms with E-state index in [2.05, 4.69) is 22.0 Å². The molecule has 1 amide bonds. The normalized spacial score (nSPS) is 19.7. The first-order valence-electron chi connectivity index (χ1n) is 12.1. The maximum absolute atomic E-state index is 13.5. The molecule has 0 aliphatic carbocycles. The van der Waals surface area contributed by atoms with Gasteiger partial charge in [-0.25, -0.2) is 0 Å². The highest BCUT2D eigenvalue weighted by Crippen LogP contribution is 2.30. The SMILES string of the molecule is CCOCC1CCN(C(=O)c2cc3c(cc2C)[nH]c(=O)c2cnn([C@H]4CCN(C)C4)c23)CC1.Cl. The lowest BCUT2D eigenvalue weighted by atomic mass is 9.96. The second kappa shape index (κ2) is 10.1. The Balaban J connectivity index is 0.00000274. The number of aryl methyl sites for hydroxylation is 1. The fraction of sp³-hybridized carbons (Fsp3) is 0.560. The minimum atomic E-state index is -0.134. The number of hydrogen-bond acceptors (Lipinski definition) is 5. The van der Waals surface area contributed by atoms with E-state index in [0.717, 1.165) is 80.6 Å². The van der Waals surface area contributed by atoms with E-state index < -0.39 is 0 Å². The number of pyridine rings is 1. The van der Waals surface area contributed by atoms with Crippen LogP contribution in [0.3, 0.4) is 0 Å². The number of carbonyl (C=O) groups excluding carboxylic acids is 1. The number of amides is 1. The molecular weight excluding hydrogens is 454 g/mol. The highest BCUT2D eigenvalue weighted by Gasteiger charge is 2.27. The number of ether oxygens (including phenoxy) is 1. The highest BCUT2D eigenvalue weighted by atomic mass is 35.5. The van der Waals surface area contributed by atoms with E-state index in [1.54, 1.807) is 6.20 Å². The number of aromatic amines is 1. The van der Waals surface area contributed by atoms with Gasteiger partial charge in [0.15, 0.2) is 0 Å². The highest BCUT2D eigenvalue weighted by molar-refractivity contribution is 6.07. The molecule has 2 aromatic heterocycles. The molecule has 9 heteroatoms. The summed E-state index contributed by atoms with van der Waals surface area (Å²) in [5.41, 5.74) is 3.04. The molecule has 2 saturated heterocycles. The number of hydrogen-bond donors (Lipinski definition) is 1. The summed E-state index contributed by atoms with van der Waals surface area (Å²) in [6.45, 7) is 8.89. The Labute approximate surface area is 205 Å². The van der Waals surface area contributed by atoms with Gasteiger partial charge in [-0.1, -0.05) is 0 Å². The molecule has 1 atom stereocenters. The van der Waals surface area contributed by atoms with Crippen LogP contribution in [-0.4, -0.2) is 76.9 Å². The predicted molar refractivity (Wildman–Crippen MR) is 136 cm³/mol. The summed E-state index contributed by atoms with van der Waals surface area (Å²) in [5.74, 6) is 0.588. The van der Waals surface area contributed by atoms with Crippen LogP contribution in [0.1, 0.15) is 48.1 Å². The largest absolute Gasteiger partial charge is 0.381 e. The van der Waals surface area contributed by atoms with Crippen molar-refractivity contribution in [3.05, 3.63) is 39.8 Å². The van der Waals surface area contributed by atoms with Crippen LogP contribution in [0.4, 0.5) is 0 Å².